The van der Waals surface area contributed by atoms with Crippen molar-refractivity contribution in [3.8, 4) is 0 Å². The minimum atomic E-state index is -3.99. The number of pyridine rings is 1. The predicted octanol–water partition coefficient (Wildman–Crippen LogP) is 1.93. The topological polar surface area (TPSA) is 157 Å². The van der Waals surface area contributed by atoms with E-state index >= 15 is 0 Å². The summed E-state index contributed by atoms with van der Waals surface area (Å²) in [6.07, 6.45) is 3.82. The van der Waals surface area contributed by atoms with E-state index in [0.717, 1.165) is 12.3 Å². The number of anilines is 3. The highest BCUT2D eigenvalue weighted by molar-refractivity contribution is 7.90. The van der Waals surface area contributed by atoms with Crippen LogP contribution in [0.5, 0.6) is 0 Å². The van der Waals surface area contributed by atoms with Gasteiger partial charge in [-0.1, -0.05) is 11.6 Å². The Bertz CT molecular complexity index is 1280. The lowest BCUT2D eigenvalue weighted by molar-refractivity contribution is 0.594. The Hall–Kier alpha value is -2.80. The number of sulfonamides is 1. The predicted molar refractivity (Wildman–Crippen MR) is 113 cm³/mol. The number of nitrogens with two attached hydrogens (primary N) is 1. The average Bonchev–Trinajstić information content (AvgIpc) is 2.67. The molecule has 0 amide bonds. The van der Waals surface area contributed by atoms with Crippen LogP contribution in [-0.4, -0.2) is 38.0 Å². The molecule has 0 saturated heterocycles. The third-order valence-electron chi connectivity index (χ3n) is 3.87. The number of hydrogen-bond acceptors (Lipinski definition) is 9. The third kappa shape index (κ3) is 5.63. The molecule has 0 aliphatic rings. The molecule has 13 heteroatoms. The molecule has 3 rings (SSSR count). The van der Waals surface area contributed by atoms with Crippen molar-refractivity contribution in [3.05, 3.63) is 59.5 Å². The maximum Gasteiger partial charge on any atom is 0.238 e. The van der Waals surface area contributed by atoms with Gasteiger partial charge in [0.25, 0.3) is 0 Å². The van der Waals surface area contributed by atoms with Gasteiger partial charge in [0, 0.05) is 25.1 Å². The molecule has 0 unspecified atom stereocenters. The van der Waals surface area contributed by atoms with Crippen molar-refractivity contribution in [2.24, 2.45) is 5.14 Å². The van der Waals surface area contributed by atoms with E-state index < -0.39 is 19.9 Å². The first-order valence-electron chi connectivity index (χ1n) is 8.33. The average molecular weight is 469 g/mol. The maximum absolute atomic E-state index is 12.0. The molecule has 0 atom stereocenters. The minimum Gasteiger partial charge on any atom is -0.366 e. The van der Waals surface area contributed by atoms with E-state index in [1.54, 1.807) is 18.2 Å². The second kappa shape index (κ2) is 8.52. The first-order chi connectivity index (χ1) is 14.0. The summed E-state index contributed by atoms with van der Waals surface area (Å²) in [4.78, 5) is 12.1. The zero-order chi connectivity index (χ0) is 21.9. The summed E-state index contributed by atoms with van der Waals surface area (Å²) < 4.78 is 47.3. The lowest BCUT2D eigenvalue weighted by atomic mass is 10.2. The number of aromatic nitrogens is 3. The van der Waals surface area contributed by atoms with Crippen LogP contribution in [0, 0.1) is 0 Å². The molecule has 0 bridgehead atoms. The molecular formula is C17H17ClN6O4S2. The summed E-state index contributed by atoms with van der Waals surface area (Å²) in [5.41, 5.74) is 0.233. The molecule has 0 aliphatic heterocycles. The van der Waals surface area contributed by atoms with Crippen LogP contribution < -0.4 is 15.8 Å². The van der Waals surface area contributed by atoms with E-state index in [9.17, 15) is 16.8 Å². The molecule has 158 valence electrons. The lowest BCUT2D eigenvalue weighted by Crippen LogP contribution is -2.15. The van der Waals surface area contributed by atoms with E-state index in [1.165, 1.54) is 24.7 Å². The van der Waals surface area contributed by atoms with Crippen LogP contribution in [0.2, 0.25) is 5.02 Å². The van der Waals surface area contributed by atoms with Gasteiger partial charge in [-0.05, 0) is 35.9 Å². The van der Waals surface area contributed by atoms with Gasteiger partial charge in [0.05, 0.1) is 14.8 Å². The van der Waals surface area contributed by atoms with Gasteiger partial charge in [-0.15, -0.1) is 0 Å². The van der Waals surface area contributed by atoms with Crippen LogP contribution in [-0.2, 0) is 26.4 Å². The first-order valence-corrected chi connectivity index (χ1v) is 12.1. The Morgan fingerprint density at radius 3 is 2.33 bits per heavy atom. The van der Waals surface area contributed by atoms with Crippen LogP contribution in [0.4, 0.5) is 17.5 Å². The van der Waals surface area contributed by atoms with Crippen molar-refractivity contribution in [3.63, 3.8) is 0 Å². The van der Waals surface area contributed by atoms with Crippen LogP contribution in [0.25, 0.3) is 0 Å². The van der Waals surface area contributed by atoms with Crippen molar-refractivity contribution < 1.29 is 16.8 Å². The molecule has 1 aromatic carbocycles. The maximum atomic E-state index is 12.0. The smallest absolute Gasteiger partial charge is 0.238 e. The van der Waals surface area contributed by atoms with E-state index in [0.29, 0.717) is 22.5 Å². The van der Waals surface area contributed by atoms with E-state index in [-0.39, 0.29) is 21.9 Å². The number of benzene rings is 1. The van der Waals surface area contributed by atoms with Gasteiger partial charge in [0.2, 0.25) is 10.0 Å². The van der Waals surface area contributed by atoms with Gasteiger partial charge >= 0.3 is 0 Å². The van der Waals surface area contributed by atoms with E-state index in [2.05, 4.69) is 25.6 Å². The van der Waals surface area contributed by atoms with Crippen LogP contribution >= 0.6 is 11.6 Å². The molecule has 2 aromatic heterocycles. The van der Waals surface area contributed by atoms with Gasteiger partial charge in [-0.3, -0.25) is 0 Å². The Balaban J connectivity index is 1.83. The fraction of sp³-hybridized carbons (Fsp3) is 0.118. The highest BCUT2D eigenvalue weighted by Gasteiger charge is 2.17. The largest absolute Gasteiger partial charge is 0.366 e. The highest BCUT2D eigenvalue weighted by Crippen LogP contribution is 2.22. The fourth-order valence-electron chi connectivity index (χ4n) is 2.52. The Labute approximate surface area is 178 Å². The van der Waals surface area contributed by atoms with Crippen LogP contribution in [0.3, 0.4) is 0 Å². The van der Waals surface area contributed by atoms with Gasteiger partial charge in [0.1, 0.15) is 23.8 Å². The molecule has 4 N–H and O–H groups in total. The Kier molecular flexibility index (Phi) is 6.22. The molecule has 30 heavy (non-hydrogen) atoms. The van der Waals surface area contributed by atoms with Gasteiger partial charge in [-0.25, -0.2) is 36.9 Å². The number of rotatable bonds is 7. The first kappa shape index (κ1) is 21.9. The van der Waals surface area contributed by atoms with E-state index in [1.807, 2.05) is 0 Å². The summed E-state index contributed by atoms with van der Waals surface area (Å²) in [6, 6.07) is 8.51. The number of sulfone groups is 1. The van der Waals surface area contributed by atoms with E-state index in [4.69, 9.17) is 16.7 Å². The molecule has 0 fully saturated rings. The minimum absolute atomic E-state index is 0.0125. The molecule has 3 aromatic rings. The summed E-state index contributed by atoms with van der Waals surface area (Å²) in [5.74, 6) is 1.33. The molecule has 10 nitrogen and oxygen atoms in total. The monoisotopic (exact) mass is 468 g/mol. The molecule has 0 radical (unpaired) electrons. The number of hydrogen-bond donors (Lipinski definition) is 3. The quantitative estimate of drug-likeness (QED) is 0.471. The highest BCUT2D eigenvalue weighted by atomic mass is 35.5. The summed E-state index contributed by atoms with van der Waals surface area (Å²) in [7, 11) is -7.58. The van der Waals surface area contributed by atoms with Gasteiger partial charge < -0.3 is 10.6 Å². The zero-order valence-electron chi connectivity index (χ0n) is 15.6. The molecule has 0 spiro atoms. The van der Waals surface area contributed by atoms with Crippen LogP contribution in [0.15, 0.2) is 58.7 Å². The molecule has 0 saturated carbocycles. The van der Waals surface area contributed by atoms with Crippen molar-refractivity contribution in [1.29, 1.82) is 0 Å². The van der Waals surface area contributed by atoms with Crippen molar-refractivity contribution in [1.82, 2.24) is 15.0 Å². The van der Waals surface area contributed by atoms with Gasteiger partial charge in [-0.2, -0.15) is 0 Å². The summed E-state index contributed by atoms with van der Waals surface area (Å²) in [6.45, 7) is -0.0125. The molecular weight excluding hydrogens is 452 g/mol. The van der Waals surface area contributed by atoms with Crippen molar-refractivity contribution >= 4 is 48.9 Å². The Morgan fingerprint density at radius 2 is 1.70 bits per heavy atom. The summed E-state index contributed by atoms with van der Waals surface area (Å²) in [5, 5.41) is 11.6. The number of halogens is 1. The molecule has 0 aliphatic carbocycles. The number of nitrogens with one attached hydrogen (secondary N) is 2. The van der Waals surface area contributed by atoms with Crippen molar-refractivity contribution in [2.75, 3.05) is 16.9 Å². The van der Waals surface area contributed by atoms with Gasteiger partial charge in [0.15, 0.2) is 9.84 Å². The fourth-order valence-corrected chi connectivity index (χ4v) is 4.12. The standard InChI is InChI=1S/C17H17ClN6O4S2/c1-29(25,26)14-4-3-13(30(19,27)28)6-11(14)8-20-16-7-17(23-10-22-16)24-15-5-2-12(18)9-21-15/h2-7,9-10H,8H2,1H3,(H2,19,27,28)(H2,20,21,22,23,24). The number of primary sulfonamides is 1. The SMILES string of the molecule is CS(=O)(=O)c1ccc(S(N)(=O)=O)cc1CNc1cc(Nc2ccc(Cl)cn2)ncn1. The summed E-state index contributed by atoms with van der Waals surface area (Å²) >= 11 is 5.81. The second-order valence-electron chi connectivity index (χ2n) is 6.22. The van der Waals surface area contributed by atoms with Crippen LogP contribution in [0.1, 0.15) is 5.56 Å². The zero-order valence-corrected chi connectivity index (χ0v) is 18.0. The second-order valence-corrected chi connectivity index (χ2v) is 10.2. The molecule has 2 heterocycles. The number of nitrogens with zero attached hydrogens (tertiary/aromatic N) is 3. The van der Waals surface area contributed by atoms with Crippen molar-refractivity contribution in [2.45, 2.75) is 16.3 Å². The lowest BCUT2D eigenvalue weighted by Gasteiger charge is -2.12. The normalized spacial score (nSPS) is 11.8. The third-order valence-corrected chi connectivity index (χ3v) is 6.20. The Morgan fingerprint density at radius 1 is 0.967 bits per heavy atom.